The fraction of sp³-hybridized carbons (Fsp3) is 1.00. The van der Waals surface area contributed by atoms with Crippen LogP contribution in [0, 0.1) is 5.41 Å². The van der Waals surface area contributed by atoms with Crippen LogP contribution in [0.4, 0.5) is 0 Å². The van der Waals surface area contributed by atoms with Gasteiger partial charge in [-0.15, -0.1) is 0 Å². The zero-order valence-corrected chi connectivity index (χ0v) is 13.5. The van der Waals surface area contributed by atoms with E-state index in [9.17, 15) is 0 Å². The van der Waals surface area contributed by atoms with Gasteiger partial charge in [-0.2, -0.15) is 0 Å². The molecule has 20 heavy (non-hydrogen) atoms. The molecule has 0 aromatic heterocycles. The van der Waals surface area contributed by atoms with Crippen LogP contribution in [0.15, 0.2) is 0 Å². The molecular weight excluding hydrogens is 252 g/mol. The number of likely N-dealkylation sites (tertiary alicyclic amines) is 1. The van der Waals surface area contributed by atoms with Crippen molar-refractivity contribution in [3.8, 4) is 0 Å². The van der Waals surface area contributed by atoms with Crippen LogP contribution in [-0.2, 0) is 9.47 Å². The average molecular weight is 284 g/mol. The van der Waals surface area contributed by atoms with Gasteiger partial charge >= 0.3 is 0 Å². The molecule has 2 heterocycles. The molecule has 1 N–H and O–H groups in total. The van der Waals surface area contributed by atoms with E-state index in [0.29, 0.717) is 12.1 Å². The Morgan fingerprint density at radius 3 is 2.90 bits per heavy atom. The lowest BCUT2D eigenvalue weighted by Gasteiger charge is -2.43. The summed E-state index contributed by atoms with van der Waals surface area (Å²) in [5, 5.41) is 3.63. The van der Waals surface area contributed by atoms with Gasteiger partial charge in [-0.3, -0.25) is 0 Å². The van der Waals surface area contributed by atoms with Crippen molar-refractivity contribution >= 4 is 0 Å². The predicted molar refractivity (Wildman–Crippen MR) is 82.1 cm³/mol. The summed E-state index contributed by atoms with van der Waals surface area (Å²) in [6.45, 7) is 10.8. The molecule has 2 rings (SSSR count). The van der Waals surface area contributed by atoms with Crippen molar-refractivity contribution in [1.82, 2.24) is 10.2 Å². The van der Waals surface area contributed by atoms with Gasteiger partial charge in [0.05, 0.1) is 12.7 Å². The molecule has 2 aliphatic rings. The predicted octanol–water partition coefficient (Wildman–Crippen LogP) is 1.89. The normalized spacial score (nSPS) is 32.7. The third kappa shape index (κ3) is 4.69. The molecule has 0 radical (unpaired) electrons. The van der Waals surface area contributed by atoms with E-state index >= 15 is 0 Å². The third-order valence-corrected chi connectivity index (χ3v) is 4.64. The molecule has 0 aromatic rings. The van der Waals surface area contributed by atoms with Gasteiger partial charge in [0.1, 0.15) is 0 Å². The van der Waals surface area contributed by atoms with Gasteiger partial charge in [0, 0.05) is 44.8 Å². The maximum Gasteiger partial charge on any atom is 0.0698 e. The molecule has 4 heteroatoms. The lowest BCUT2D eigenvalue weighted by Crippen LogP contribution is -2.52. The van der Waals surface area contributed by atoms with Gasteiger partial charge < -0.3 is 19.7 Å². The van der Waals surface area contributed by atoms with E-state index in [1.165, 1.54) is 32.2 Å². The Balaban J connectivity index is 1.92. The quantitative estimate of drug-likeness (QED) is 0.807. The first-order valence-electron chi connectivity index (χ1n) is 8.20. The van der Waals surface area contributed by atoms with E-state index in [2.05, 4.69) is 24.1 Å². The fourth-order valence-corrected chi connectivity index (χ4v) is 3.47. The Bertz CT molecular complexity index is 278. The summed E-state index contributed by atoms with van der Waals surface area (Å²) in [4.78, 5) is 2.59. The molecule has 0 spiro atoms. The Morgan fingerprint density at radius 1 is 1.40 bits per heavy atom. The van der Waals surface area contributed by atoms with Crippen molar-refractivity contribution in [2.24, 2.45) is 5.41 Å². The van der Waals surface area contributed by atoms with E-state index in [0.717, 1.165) is 32.8 Å². The second-order valence-corrected chi connectivity index (χ2v) is 6.93. The summed E-state index contributed by atoms with van der Waals surface area (Å²) in [5.41, 5.74) is 0.290. The van der Waals surface area contributed by atoms with Gasteiger partial charge in [0.2, 0.25) is 0 Å². The smallest absolute Gasteiger partial charge is 0.0698 e. The standard InChI is InChI=1S/C16H32N2O2/c1-14(2)17-11-16(7-5-9-20-13-16)12-18-8-4-6-15(10-18)19-3/h14-15,17H,4-13H2,1-3H3. The molecule has 0 aromatic carbocycles. The fourth-order valence-electron chi connectivity index (χ4n) is 3.47. The lowest BCUT2D eigenvalue weighted by molar-refractivity contribution is -0.0443. The Morgan fingerprint density at radius 2 is 2.25 bits per heavy atom. The largest absolute Gasteiger partial charge is 0.381 e. The van der Waals surface area contributed by atoms with E-state index in [1.807, 2.05) is 7.11 Å². The number of hydrogen-bond acceptors (Lipinski definition) is 4. The maximum atomic E-state index is 5.81. The number of hydrogen-bond donors (Lipinski definition) is 1. The first-order chi connectivity index (χ1) is 9.63. The SMILES string of the molecule is COC1CCCN(CC2(CNC(C)C)CCCOC2)C1. The van der Waals surface area contributed by atoms with Crippen LogP contribution in [0.5, 0.6) is 0 Å². The monoisotopic (exact) mass is 284 g/mol. The number of piperidine rings is 1. The molecular formula is C16H32N2O2. The molecule has 2 unspecified atom stereocenters. The Kier molecular flexibility index (Phi) is 6.27. The number of methoxy groups -OCH3 is 1. The summed E-state index contributed by atoms with van der Waals surface area (Å²) in [5.74, 6) is 0. The van der Waals surface area contributed by atoms with Crippen molar-refractivity contribution in [2.75, 3.05) is 46.5 Å². The highest BCUT2D eigenvalue weighted by molar-refractivity contribution is 4.89. The van der Waals surface area contributed by atoms with Crippen LogP contribution in [0.1, 0.15) is 39.5 Å². The van der Waals surface area contributed by atoms with Crippen LogP contribution >= 0.6 is 0 Å². The van der Waals surface area contributed by atoms with E-state index in [1.54, 1.807) is 0 Å². The number of ether oxygens (including phenoxy) is 2. The van der Waals surface area contributed by atoms with Gasteiger partial charge in [0.15, 0.2) is 0 Å². The molecule has 2 aliphatic heterocycles. The van der Waals surface area contributed by atoms with Crippen LogP contribution in [-0.4, -0.2) is 63.5 Å². The van der Waals surface area contributed by atoms with E-state index < -0.39 is 0 Å². The van der Waals surface area contributed by atoms with Crippen LogP contribution < -0.4 is 5.32 Å². The average Bonchev–Trinajstić information content (AvgIpc) is 2.46. The molecule has 0 bridgehead atoms. The first kappa shape index (κ1) is 16.2. The lowest BCUT2D eigenvalue weighted by atomic mass is 9.81. The number of nitrogens with zero attached hydrogens (tertiary/aromatic N) is 1. The molecule has 118 valence electrons. The van der Waals surface area contributed by atoms with Crippen molar-refractivity contribution in [1.29, 1.82) is 0 Å². The highest BCUT2D eigenvalue weighted by atomic mass is 16.5. The first-order valence-corrected chi connectivity index (χ1v) is 8.20. The van der Waals surface area contributed by atoms with Crippen LogP contribution in [0.2, 0.25) is 0 Å². The van der Waals surface area contributed by atoms with Crippen LogP contribution in [0.25, 0.3) is 0 Å². The van der Waals surface area contributed by atoms with Crippen LogP contribution in [0.3, 0.4) is 0 Å². The summed E-state index contributed by atoms with van der Waals surface area (Å²) in [6.07, 6.45) is 5.36. The molecule has 2 fully saturated rings. The van der Waals surface area contributed by atoms with Gasteiger partial charge in [-0.05, 0) is 32.2 Å². The number of nitrogens with one attached hydrogen (secondary N) is 1. The Labute approximate surface area is 124 Å². The topological polar surface area (TPSA) is 33.7 Å². The summed E-state index contributed by atoms with van der Waals surface area (Å²) in [7, 11) is 1.84. The molecule has 2 saturated heterocycles. The third-order valence-electron chi connectivity index (χ3n) is 4.64. The molecule has 4 nitrogen and oxygen atoms in total. The minimum atomic E-state index is 0.290. The molecule has 0 saturated carbocycles. The van der Waals surface area contributed by atoms with Gasteiger partial charge in [-0.25, -0.2) is 0 Å². The van der Waals surface area contributed by atoms with Crippen molar-refractivity contribution in [3.63, 3.8) is 0 Å². The molecule has 0 amide bonds. The zero-order valence-electron chi connectivity index (χ0n) is 13.5. The van der Waals surface area contributed by atoms with Gasteiger partial charge in [-0.1, -0.05) is 13.8 Å². The van der Waals surface area contributed by atoms with E-state index in [-0.39, 0.29) is 5.41 Å². The Hall–Kier alpha value is -0.160. The maximum absolute atomic E-state index is 5.81. The molecule has 0 aliphatic carbocycles. The van der Waals surface area contributed by atoms with Crippen molar-refractivity contribution in [2.45, 2.75) is 51.7 Å². The second kappa shape index (κ2) is 7.74. The van der Waals surface area contributed by atoms with Crippen molar-refractivity contribution in [3.05, 3.63) is 0 Å². The highest BCUT2D eigenvalue weighted by Crippen LogP contribution is 2.30. The highest BCUT2D eigenvalue weighted by Gasteiger charge is 2.36. The molecule has 2 atom stereocenters. The number of rotatable bonds is 6. The van der Waals surface area contributed by atoms with Crippen molar-refractivity contribution < 1.29 is 9.47 Å². The second-order valence-electron chi connectivity index (χ2n) is 6.93. The summed E-state index contributed by atoms with van der Waals surface area (Å²) in [6, 6.07) is 0.543. The zero-order chi connectivity index (χ0) is 14.4. The summed E-state index contributed by atoms with van der Waals surface area (Å²) < 4.78 is 11.4. The van der Waals surface area contributed by atoms with Gasteiger partial charge in [0.25, 0.3) is 0 Å². The summed E-state index contributed by atoms with van der Waals surface area (Å²) >= 11 is 0. The van der Waals surface area contributed by atoms with E-state index in [4.69, 9.17) is 9.47 Å². The minimum absolute atomic E-state index is 0.290. The minimum Gasteiger partial charge on any atom is -0.381 e.